The first kappa shape index (κ1) is 14.5. The summed E-state index contributed by atoms with van der Waals surface area (Å²) in [4.78, 5) is 5.63. The van der Waals surface area contributed by atoms with Crippen LogP contribution in [0.1, 0.15) is 30.6 Å². The Labute approximate surface area is 138 Å². The summed E-state index contributed by atoms with van der Waals surface area (Å²) >= 11 is 1.65. The van der Waals surface area contributed by atoms with Crippen LogP contribution in [0.4, 0.5) is 0 Å². The number of ether oxygens (including phenoxy) is 2. The molecule has 0 fully saturated rings. The van der Waals surface area contributed by atoms with Crippen molar-refractivity contribution < 1.29 is 9.47 Å². The van der Waals surface area contributed by atoms with Crippen LogP contribution in [0.5, 0.6) is 11.5 Å². The van der Waals surface area contributed by atoms with Crippen LogP contribution < -0.4 is 14.8 Å². The second-order valence-corrected chi connectivity index (χ2v) is 6.56. The molecule has 0 aliphatic carbocycles. The van der Waals surface area contributed by atoms with Gasteiger partial charge in [-0.3, -0.25) is 4.40 Å². The fourth-order valence-corrected chi connectivity index (χ4v) is 3.40. The van der Waals surface area contributed by atoms with Crippen molar-refractivity contribution >= 4 is 16.3 Å². The van der Waals surface area contributed by atoms with Gasteiger partial charge >= 0.3 is 0 Å². The van der Waals surface area contributed by atoms with E-state index in [-0.39, 0.29) is 6.04 Å². The topological polar surface area (TPSA) is 47.8 Å². The molecule has 0 bridgehead atoms. The minimum atomic E-state index is 0.215. The molecule has 3 aromatic rings. The minimum absolute atomic E-state index is 0.215. The van der Waals surface area contributed by atoms with Gasteiger partial charge in [-0.25, -0.2) is 4.98 Å². The summed E-state index contributed by atoms with van der Waals surface area (Å²) in [7, 11) is 0. The van der Waals surface area contributed by atoms with Gasteiger partial charge in [-0.15, -0.1) is 11.3 Å². The van der Waals surface area contributed by atoms with E-state index in [0.29, 0.717) is 6.61 Å². The molecule has 23 heavy (non-hydrogen) atoms. The lowest BCUT2D eigenvalue weighted by molar-refractivity contribution is 0.297. The van der Waals surface area contributed by atoms with Crippen molar-refractivity contribution in [3.8, 4) is 11.5 Å². The number of nitrogens with one attached hydrogen (secondary N) is 1. The van der Waals surface area contributed by atoms with Crippen molar-refractivity contribution in [1.29, 1.82) is 0 Å². The predicted molar refractivity (Wildman–Crippen MR) is 90.4 cm³/mol. The van der Waals surface area contributed by atoms with E-state index in [9.17, 15) is 0 Å². The number of benzene rings is 1. The monoisotopic (exact) mass is 329 g/mol. The van der Waals surface area contributed by atoms with Crippen LogP contribution in [0.2, 0.25) is 0 Å². The first-order chi connectivity index (χ1) is 11.3. The van der Waals surface area contributed by atoms with Crippen LogP contribution in [0, 0.1) is 0 Å². The lowest BCUT2D eigenvalue weighted by Crippen LogP contribution is -2.18. The Kier molecular flexibility index (Phi) is 3.93. The molecule has 4 rings (SSSR count). The molecule has 0 saturated carbocycles. The zero-order valence-corrected chi connectivity index (χ0v) is 13.8. The summed E-state index contributed by atoms with van der Waals surface area (Å²) in [5, 5.41) is 5.56. The van der Waals surface area contributed by atoms with Gasteiger partial charge in [-0.2, -0.15) is 0 Å². The molecule has 0 amide bonds. The number of rotatable bonds is 4. The van der Waals surface area contributed by atoms with Crippen molar-refractivity contribution in [3.63, 3.8) is 0 Å². The molecule has 1 atom stereocenters. The average Bonchev–Trinajstić information content (AvgIpc) is 3.06. The van der Waals surface area contributed by atoms with Crippen molar-refractivity contribution in [2.45, 2.75) is 25.9 Å². The van der Waals surface area contributed by atoms with Gasteiger partial charge in [0.25, 0.3) is 0 Å². The quantitative estimate of drug-likeness (QED) is 0.797. The molecule has 5 nitrogen and oxygen atoms in total. The molecular formula is C17H19N3O2S. The maximum absolute atomic E-state index is 5.76. The summed E-state index contributed by atoms with van der Waals surface area (Å²) in [6, 6.07) is 6.38. The lowest BCUT2D eigenvalue weighted by Gasteiger charge is -2.16. The van der Waals surface area contributed by atoms with E-state index in [1.807, 2.05) is 17.6 Å². The number of aromatic nitrogens is 2. The summed E-state index contributed by atoms with van der Waals surface area (Å²) in [5.74, 6) is 1.68. The van der Waals surface area contributed by atoms with E-state index in [2.05, 4.69) is 40.0 Å². The Bertz CT molecular complexity index is 783. The van der Waals surface area contributed by atoms with Crippen LogP contribution in [0.3, 0.4) is 0 Å². The van der Waals surface area contributed by atoms with Gasteiger partial charge < -0.3 is 14.8 Å². The third-order valence-electron chi connectivity index (χ3n) is 4.00. The van der Waals surface area contributed by atoms with Crippen LogP contribution >= 0.6 is 11.3 Å². The Balaban J connectivity index is 1.45. The van der Waals surface area contributed by atoms with E-state index in [0.717, 1.165) is 41.7 Å². The molecule has 6 heteroatoms. The van der Waals surface area contributed by atoms with Crippen LogP contribution in [0.15, 0.2) is 36.0 Å². The molecule has 0 unspecified atom stereocenters. The number of hydrogen-bond acceptors (Lipinski definition) is 5. The third-order valence-corrected chi connectivity index (χ3v) is 4.77. The van der Waals surface area contributed by atoms with Crippen LogP contribution in [0.25, 0.3) is 4.96 Å². The third kappa shape index (κ3) is 3.04. The highest BCUT2D eigenvalue weighted by Crippen LogP contribution is 2.32. The molecule has 2 aromatic heterocycles. The van der Waals surface area contributed by atoms with Crippen molar-refractivity contribution in [2.24, 2.45) is 0 Å². The number of imidazole rings is 1. The van der Waals surface area contributed by atoms with Gasteiger partial charge in [-0.05, 0) is 24.6 Å². The molecule has 120 valence electrons. The summed E-state index contributed by atoms with van der Waals surface area (Å²) < 4.78 is 13.5. The molecule has 0 spiro atoms. The predicted octanol–water partition coefficient (Wildman–Crippen LogP) is 3.41. The number of nitrogens with zero attached hydrogens (tertiary/aromatic N) is 2. The van der Waals surface area contributed by atoms with E-state index in [1.165, 1.54) is 5.56 Å². The van der Waals surface area contributed by atoms with Crippen molar-refractivity contribution in [2.75, 3.05) is 13.2 Å². The summed E-state index contributed by atoms with van der Waals surface area (Å²) in [6.45, 7) is 4.32. The molecule has 1 aliphatic rings. The fourth-order valence-electron chi connectivity index (χ4n) is 2.69. The number of thiazole rings is 1. The highest BCUT2D eigenvalue weighted by Gasteiger charge is 2.14. The second-order valence-electron chi connectivity index (χ2n) is 5.68. The van der Waals surface area contributed by atoms with Gasteiger partial charge in [0.15, 0.2) is 16.5 Å². The van der Waals surface area contributed by atoms with Crippen LogP contribution in [-0.2, 0) is 6.54 Å². The van der Waals surface area contributed by atoms with E-state index < -0.39 is 0 Å². The standard InChI is InChI=1S/C17H19N3O2S/c1-12(18-10-14-11-20-5-8-23-17(20)19-14)13-3-4-15-16(9-13)22-7-2-6-21-15/h3-5,8-9,11-12,18H,2,6-7,10H2,1H3/t12-/m0/s1. The fraction of sp³-hybridized carbons (Fsp3) is 0.353. The normalized spacial score (nSPS) is 15.5. The molecule has 1 aromatic carbocycles. The lowest BCUT2D eigenvalue weighted by atomic mass is 10.1. The van der Waals surface area contributed by atoms with Gasteiger partial charge in [0, 0.05) is 36.8 Å². The van der Waals surface area contributed by atoms with Gasteiger partial charge in [0.1, 0.15) is 0 Å². The van der Waals surface area contributed by atoms with Gasteiger partial charge in [-0.1, -0.05) is 6.07 Å². The first-order valence-electron chi connectivity index (χ1n) is 7.83. The van der Waals surface area contributed by atoms with Gasteiger partial charge in [0.2, 0.25) is 0 Å². The largest absolute Gasteiger partial charge is 0.490 e. The maximum Gasteiger partial charge on any atom is 0.193 e. The summed E-state index contributed by atoms with van der Waals surface area (Å²) in [6.07, 6.45) is 5.03. The SMILES string of the molecule is C[C@H](NCc1cn2ccsc2n1)c1ccc2c(c1)OCCCO2. The Morgan fingerprint density at radius 1 is 1.30 bits per heavy atom. The second kappa shape index (κ2) is 6.22. The van der Waals surface area contributed by atoms with E-state index >= 15 is 0 Å². The van der Waals surface area contributed by atoms with Crippen LogP contribution in [-0.4, -0.2) is 22.6 Å². The Morgan fingerprint density at radius 2 is 2.17 bits per heavy atom. The van der Waals surface area contributed by atoms with Crippen molar-refractivity contribution in [3.05, 3.63) is 47.2 Å². The summed E-state index contributed by atoms with van der Waals surface area (Å²) in [5.41, 5.74) is 2.24. The number of fused-ring (bicyclic) bond motifs is 2. The molecule has 1 aliphatic heterocycles. The Hall–Kier alpha value is -2.05. The molecular weight excluding hydrogens is 310 g/mol. The van der Waals surface area contributed by atoms with E-state index in [4.69, 9.17) is 9.47 Å². The van der Waals surface area contributed by atoms with Crippen molar-refractivity contribution in [1.82, 2.24) is 14.7 Å². The zero-order chi connectivity index (χ0) is 15.6. The van der Waals surface area contributed by atoms with E-state index in [1.54, 1.807) is 11.3 Å². The van der Waals surface area contributed by atoms with Gasteiger partial charge in [0.05, 0.1) is 18.9 Å². The molecule has 0 saturated heterocycles. The molecule has 3 heterocycles. The molecule has 0 radical (unpaired) electrons. The minimum Gasteiger partial charge on any atom is -0.490 e. The highest BCUT2D eigenvalue weighted by atomic mass is 32.1. The number of hydrogen-bond donors (Lipinski definition) is 1. The molecule has 1 N–H and O–H groups in total. The highest BCUT2D eigenvalue weighted by molar-refractivity contribution is 7.15. The average molecular weight is 329 g/mol. The Morgan fingerprint density at radius 3 is 3.04 bits per heavy atom. The zero-order valence-electron chi connectivity index (χ0n) is 13.0. The maximum atomic E-state index is 5.76. The smallest absolute Gasteiger partial charge is 0.193 e. The first-order valence-corrected chi connectivity index (χ1v) is 8.71.